The van der Waals surface area contributed by atoms with Gasteiger partial charge in [0, 0.05) is 50.6 Å². The second-order valence-corrected chi connectivity index (χ2v) is 10.6. The summed E-state index contributed by atoms with van der Waals surface area (Å²) in [5.41, 5.74) is 8.56. The maximum absolute atomic E-state index is 4.66. The highest BCUT2D eigenvalue weighted by molar-refractivity contribution is 7.13. The van der Waals surface area contributed by atoms with Crippen molar-refractivity contribution in [3.8, 4) is 21.8 Å². The zero-order chi connectivity index (χ0) is 26.1. The molecular formula is C31H30N6S. The largest absolute Gasteiger partial charge is 0.359 e. The average molecular weight is 519 g/mol. The molecule has 0 amide bonds. The van der Waals surface area contributed by atoms with E-state index < -0.39 is 0 Å². The summed E-state index contributed by atoms with van der Waals surface area (Å²) in [4.78, 5) is 13.9. The van der Waals surface area contributed by atoms with Crippen LogP contribution in [0.1, 0.15) is 38.2 Å². The van der Waals surface area contributed by atoms with E-state index in [9.17, 15) is 0 Å². The maximum atomic E-state index is 4.66. The molecule has 1 fully saturated rings. The van der Waals surface area contributed by atoms with Gasteiger partial charge in [-0.05, 0) is 73.1 Å². The number of H-pyrrole nitrogens is 2. The van der Waals surface area contributed by atoms with Crippen LogP contribution in [0.2, 0.25) is 0 Å². The zero-order valence-corrected chi connectivity index (χ0v) is 22.2. The Morgan fingerprint density at radius 3 is 2.79 bits per heavy atom. The number of hydrogen-bond donors (Lipinski definition) is 3. The van der Waals surface area contributed by atoms with Crippen molar-refractivity contribution in [1.29, 1.82) is 0 Å². The van der Waals surface area contributed by atoms with E-state index in [4.69, 9.17) is 0 Å². The molecule has 6 rings (SSSR count). The van der Waals surface area contributed by atoms with Crippen LogP contribution in [0.25, 0.3) is 49.5 Å². The molecule has 0 radical (unpaired) electrons. The first kappa shape index (κ1) is 24.1. The number of rotatable bonds is 8. The van der Waals surface area contributed by atoms with Gasteiger partial charge in [-0.2, -0.15) is 5.10 Å². The molecule has 0 saturated heterocycles. The van der Waals surface area contributed by atoms with Gasteiger partial charge in [-0.15, -0.1) is 11.3 Å². The number of hydrogen-bond acceptors (Lipinski definition) is 5. The zero-order valence-electron chi connectivity index (χ0n) is 21.4. The van der Waals surface area contributed by atoms with Crippen LogP contribution < -0.4 is 5.32 Å². The van der Waals surface area contributed by atoms with E-state index in [-0.39, 0.29) is 0 Å². The van der Waals surface area contributed by atoms with Crippen molar-refractivity contribution in [2.75, 3.05) is 0 Å². The Hall–Kier alpha value is -4.23. The molecule has 1 aliphatic rings. The highest BCUT2D eigenvalue weighted by Gasteiger charge is 2.19. The van der Waals surface area contributed by atoms with Gasteiger partial charge in [-0.25, -0.2) is 9.97 Å². The van der Waals surface area contributed by atoms with E-state index in [1.54, 1.807) is 11.3 Å². The topological polar surface area (TPSA) is 82.3 Å². The van der Waals surface area contributed by atoms with Crippen molar-refractivity contribution >= 4 is 39.0 Å². The Kier molecular flexibility index (Phi) is 6.52. The Bertz CT molecular complexity index is 1690. The minimum Gasteiger partial charge on any atom is -0.359 e. The van der Waals surface area contributed by atoms with Crippen molar-refractivity contribution in [2.24, 2.45) is 5.92 Å². The van der Waals surface area contributed by atoms with E-state index >= 15 is 0 Å². The molecule has 5 aromatic rings. The Morgan fingerprint density at radius 1 is 1.16 bits per heavy atom. The van der Waals surface area contributed by atoms with Crippen molar-refractivity contribution in [3.05, 3.63) is 96.4 Å². The third kappa shape index (κ3) is 4.50. The third-order valence-electron chi connectivity index (χ3n) is 7.33. The lowest BCUT2D eigenvalue weighted by molar-refractivity contribution is 0.607. The van der Waals surface area contributed by atoms with E-state index in [0.717, 1.165) is 50.3 Å². The van der Waals surface area contributed by atoms with Gasteiger partial charge in [0.25, 0.3) is 0 Å². The number of thiophene rings is 1. The van der Waals surface area contributed by atoms with E-state index in [0.29, 0.717) is 11.6 Å². The molecule has 190 valence electrons. The SMILES string of the molecule is C=C/C(=C\C(=C/C)c1cnc2n[nH]c(-c3cc4c(-c5cccs5)ccnc4[nH]3)c2c1)NC(=C)C1CCCC1. The molecule has 0 aliphatic heterocycles. The van der Waals surface area contributed by atoms with E-state index in [1.807, 2.05) is 25.4 Å². The molecular weight excluding hydrogens is 488 g/mol. The second kappa shape index (κ2) is 10.3. The number of aromatic nitrogens is 5. The summed E-state index contributed by atoms with van der Waals surface area (Å²) >= 11 is 1.72. The molecule has 0 spiro atoms. The molecule has 7 heteroatoms. The number of allylic oxidation sites excluding steroid dienone is 5. The minimum absolute atomic E-state index is 0.532. The van der Waals surface area contributed by atoms with Crippen LogP contribution >= 0.6 is 11.3 Å². The molecule has 3 N–H and O–H groups in total. The van der Waals surface area contributed by atoms with Gasteiger partial charge in [0.1, 0.15) is 5.65 Å². The van der Waals surface area contributed by atoms with E-state index in [1.165, 1.54) is 36.1 Å². The number of fused-ring (bicyclic) bond motifs is 2. The first-order valence-electron chi connectivity index (χ1n) is 13.0. The summed E-state index contributed by atoms with van der Waals surface area (Å²) in [5.74, 6) is 0.532. The first-order chi connectivity index (χ1) is 18.6. The molecule has 38 heavy (non-hydrogen) atoms. The fourth-order valence-corrected chi connectivity index (χ4v) is 6.05. The van der Waals surface area contributed by atoms with Crippen molar-refractivity contribution in [1.82, 2.24) is 30.5 Å². The van der Waals surface area contributed by atoms with E-state index in [2.05, 4.69) is 91.5 Å². The summed E-state index contributed by atoms with van der Waals surface area (Å²) in [5, 5.41) is 15.3. The first-order valence-corrected chi connectivity index (χ1v) is 13.9. The lowest BCUT2D eigenvalue weighted by atomic mass is 10.0. The number of nitrogens with zero attached hydrogens (tertiary/aromatic N) is 3. The molecule has 1 saturated carbocycles. The summed E-state index contributed by atoms with van der Waals surface area (Å²) in [6.07, 6.45) is 14.7. The van der Waals surface area contributed by atoms with Crippen LogP contribution in [0.5, 0.6) is 0 Å². The summed E-state index contributed by atoms with van der Waals surface area (Å²) in [7, 11) is 0. The van der Waals surface area contributed by atoms with Crippen LogP contribution in [-0.2, 0) is 0 Å². The van der Waals surface area contributed by atoms with Crippen LogP contribution in [0.3, 0.4) is 0 Å². The fraction of sp³-hybridized carbons (Fsp3) is 0.194. The molecule has 1 aliphatic carbocycles. The smallest absolute Gasteiger partial charge is 0.181 e. The lowest BCUT2D eigenvalue weighted by Crippen LogP contribution is -2.16. The summed E-state index contributed by atoms with van der Waals surface area (Å²) < 4.78 is 0. The molecule has 5 aromatic heterocycles. The molecule has 0 aromatic carbocycles. The average Bonchev–Trinajstić information content (AvgIpc) is 3.75. The molecule has 0 bridgehead atoms. The summed E-state index contributed by atoms with van der Waals surface area (Å²) in [6.45, 7) is 10.4. The van der Waals surface area contributed by atoms with Gasteiger partial charge in [-0.1, -0.05) is 38.1 Å². The maximum Gasteiger partial charge on any atom is 0.181 e. The predicted molar refractivity (Wildman–Crippen MR) is 158 cm³/mol. The number of pyridine rings is 2. The van der Waals surface area contributed by atoms with Gasteiger partial charge in [0.2, 0.25) is 0 Å². The molecule has 0 unspecified atom stereocenters. The van der Waals surface area contributed by atoms with Gasteiger partial charge in [0.15, 0.2) is 5.65 Å². The molecule has 0 atom stereocenters. The van der Waals surface area contributed by atoms with Gasteiger partial charge in [0.05, 0.1) is 11.4 Å². The predicted octanol–water partition coefficient (Wildman–Crippen LogP) is 8.00. The molecule has 6 nitrogen and oxygen atoms in total. The van der Waals surface area contributed by atoms with Crippen LogP contribution in [0.4, 0.5) is 0 Å². The van der Waals surface area contributed by atoms with Crippen molar-refractivity contribution < 1.29 is 0 Å². The number of nitrogens with one attached hydrogen (secondary N) is 3. The molecule has 5 heterocycles. The highest BCUT2D eigenvalue weighted by Crippen LogP contribution is 2.35. The van der Waals surface area contributed by atoms with Gasteiger partial charge < -0.3 is 10.3 Å². The van der Waals surface area contributed by atoms with Crippen LogP contribution in [0, 0.1) is 5.92 Å². The Balaban J connectivity index is 1.35. The fourth-order valence-electron chi connectivity index (χ4n) is 5.28. The highest BCUT2D eigenvalue weighted by atomic mass is 32.1. The minimum atomic E-state index is 0.532. The standard InChI is InChI=1S/C31H30N6S/c1-4-20(15-23(5-2)34-19(3)21-9-6-7-10-21)22-16-26-29(36-37-31(26)33-18-22)27-17-25-24(28-11-8-14-38-28)12-13-32-30(25)35-27/h4-5,8,11-18,21,34H,2-3,6-7,9-10H2,1H3,(H,32,35)(H,33,36,37)/b20-4+,23-15+. The monoisotopic (exact) mass is 518 g/mol. The Labute approximate surface area is 225 Å². The van der Waals surface area contributed by atoms with Crippen molar-refractivity contribution in [3.63, 3.8) is 0 Å². The second-order valence-electron chi connectivity index (χ2n) is 9.65. The van der Waals surface area contributed by atoms with Crippen molar-refractivity contribution in [2.45, 2.75) is 32.6 Å². The van der Waals surface area contributed by atoms with Crippen LogP contribution in [0.15, 0.2) is 90.9 Å². The Morgan fingerprint density at radius 2 is 2.03 bits per heavy atom. The van der Waals surface area contributed by atoms with Crippen LogP contribution in [-0.4, -0.2) is 25.1 Å². The lowest BCUT2D eigenvalue weighted by Gasteiger charge is -2.16. The van der Waals surface area contributed by atoms with Gasteiger partial charge >= 0.3 is 0 Å². The summed E-state index contributed by atoms with van der Waals surface area (Å²) in [6, 6.07) is 10.5. The quantitative estimate of drug-likeness (QED) is 0.182. The third-order valence-corrected chi connectivity index (χ3v) is 8.23. The van der Waals surface area contributed by atoms with Gasteiger partial charge in [-0.3, -0.25) is 5.10 Å². The number of aromatic amines is 2. The normalized spacial score (nSPS) is 15.0.